The number of fused-ring (bicyclic) bond motifs is 1. The van der Waals surface area contributed by atoms with Gasteiger partial charge < -0.3 is 5.32 Å². The van der Waals surface area contributed by atoms with Crippen molar-refractivity contribution in [1.82, 2.24) is 20.1 Å². The van der Waals surface area contributed by atoms with Crippen LogP contribution < -0.4 is 10.9 Å². The molecule has 2 aromatic heterocycles. The van der Waals surface area contributed by atoms with Gasteiger partial charge in [-0.05, 0) is 35.2 Å². The highest BCUT2D eigenvalue weighted by Gasteiger charge is 2.22. The van der Waals surface area contributed by atoms with E-state index in [1.807, 2.05) is 62.4 Å². The van der Waals surface area contributed by atoms with Crippen LogP contribution in [0.25, 0.3) is 10.8 Å². The number of carbonyl (C=O) groups excluding carboxylic acids is 1. The van der Waals surface area contributed by atoms with Crippen molar-refractivity contribution < 1.29 is 4.79 Å². The van der Waals surface area contributed by atoms with Gasteiger partial charge in [0.25, 0.3) is 11.5 Å². The van der Waals surface area contributed by atoms with E-state index in [0.717, 1.165) is 11.1 Å². The van der Waals surface area contributed by atoms with Crippen molar-refractivity contribution in [2.24, 2.45) is 5.92 Å². The first-order valence-electron chi connectivity index (χ1n) is 10.3. The molecule has 1 unspecified atom stereocenters. The van der Waals surface area contributed by atoms with Crippen molar-refractivity contribution >= 4 is 16.7 Å². The lowest BCUT2D eigenvalue weighted by molar-refractivity contribution is 0.0937. The highest BCUT2D eigenvalue weighted by atomic mass is 16.2. The first-order valence-corrected chi connectivity index (χ1v) is 10.3. The molecule has 0 aliphatic rings. The van der Waals surface area contributed by atoms with E-state index in [4.69, 9.17) is 0 Å². The molecule has 0 spiro atoms. The van der Waals surface area contributed by atoms with Crippen molar-refractivity contribution in [2.75, 3.05) is 0 Å². The summed E-state index contributed by atoms with van der Waals surface area (Å²) in [5, 5.41) is 8.61. The molecule has 1 atom stereocenters. The molecule has 2 heterocycles. The molecule has 2 aromatic carbocycles. The number of rotatable bonds is 6. The second-order valence-corrected chi connectivity index (χ2v) is 7.87. The van der Waals surface area contributed by atoms with Crippen molar-refractivity contribution in [3.8, 4) is 0 Å². The second kappa shape index (κ2) is 8.92. The molecule has 0 fully saturated rings. The lowest BCUT2D eigenvalue weighted by atomic mass is 9.99. The van der Waals surface area contributed by atoms with E-state index in [1.165, 1.54) is 4.68 Å². The molecule has 1 N–H and O–H groups in total. The highest BCUT2D eigenvalue weighted by Crippen LogP contribution is 2.23. The molecule has 0 bridgehead atoms. The van der Waals surface area contributed by atoms with Crippen LogP contribution in [0.1, 0.15) is 41.5 Å². The number of nitrogens with one attached hydrogen (secondary N) is 1. The lowest BCUT2D eigenvalue weighted by Crippen LogP contribution is -2.34. The summed E-state index contributed by atoms with van der Waals surface area (Å²) in [7, 11) is 0. The topological polar surface area (TPSA) is 76.9 Å². The average molecular weight is 412 g/mol. The maximum Gasteiger partial charge on any atom is 0.274 e. The van der Waals surface area contributed by atoms with Crippen LogP contribution in [0.5, 0.6) is 0 Å². The summed E-state index contributed by atoms with van der Waals surface area (Å²) in [6, 6.07) is 20.2. The third-order valence-electron chi connectivity index (χ3n) is 5.07. The normalized spacial score (nSPS) is 12.1. The number of carbonyl (C=O) groups is 1. The number of benzene rings is 2. The summed E-state index contributed by atoms with van der Waals surface area (Å²) < 4.78 is 1.39. The fraction of sp³-hybridized carbons (Fsp3) is 0.200. The SMILES string of the molecule is CC(C)Cn1nc(C(=O)NC(c2ccccc2)c2ccncc2)c2ccccc2c1=O. The van der Waals surface area contributed by atoms with Gasteiger partial charge in [-0.2, -0.15) is 5.10 Å². The third-order valence-corrected chi connectivity index (χ3v) is 5.07. The third kappa shape index (κ3) is 4.38. The number of pyridine rings is 1. The van der Waals surface area contributed by atoms with Gasteiger partial charge in [0, 0.05) is 24.3 Å². The molecule has 6 heteroatoms. The maximum absolute atomic E-state index is 13.5. The minimum atomic E-state index is -0.372. The van der Waals surface area contributed by atoms with Gasteiger partial charge in [0.2, 0.25) is 0 Å². The molecule has 4 aromatic rings. The van der Waals surface area contributed by atoms with Gasteiger partial charge >= 0.3 is 0 Å². The molecule has 156 valence electrons. The Bertz CT molecular complexity index is 1210. The van der Waals surface area contributed by atoms with E-state index in [-0.39, 0.29) is 29.1 Å². The van der Waals surface area contributed by atoms with Crippen molar-refractivity contribution in [3.05, 3.63) is 106 Å². The number of aromatic nitrogens is 3. The first kappa shape index (κ1) is 20.5. The maximum atomic E-state index is 13.5. The van der Waals surface area contributed by atoms with Crippen molar-refractivity contribution in [2.45, 2.75) is 26.4 Å². The Balaban J connectivity index is 1.79. The Labute approximate surface area is 180 Å². The monoisotopic (exact) mass is 412 g/mol. The van der Waals surface area contributed by atoms with Crippen LogP contribution in [-0.2, 0) is 6.54 Å². The van der Waals surface area contributed by atoms with Crippen LogP contribution >= 0.6 is 0 Å². The quantitative estimate of drug-likeness (QED) is 0.520. The molecule has 1 amide bonds. The van der Waals surface area contributed by atoms with Crippen LogP contribution in [0.15, 0.2) is 83.9 Å². The van der Waals surface area contributed by atoms with Gasteiger partial charge in [-0.3, -0.25) is 14.6 Å². The van der Waals surface area contributed by atoms with Gasteiger partial charge in [-0.1, -0.05) is 62.4 Å². The molecule has 31 heavy (non-hydrogen) atoms. The van der Waals surface area contributed by atoms with E-state index in [9.17, 15) is 9.59 Å². The van der Waals surface area contributed by atoms with Crippen LogP contribution in [0.2, 0.25) is 0 Å². The second-order valence-electron chi connectivity index (χ2n) is 7.87. The highest BCUT2D eigenvalue weighted by molar-refractivity contribution is 6.05. The minimum absolute atomic E-state index is 0.186. The summed E-state index contributed by atoms with van der Waals surface area (Å²) in [4.78, 5) is 30.4. The van der Waals surface area contributed by atoms with E-state index >= 15 is 0 Å². The van der Waals surface area contributed by atoms with Gasteiger partial charge in [-0.15, -0.1) is 0 Å². The van der Waals surface area contributed by atoms with Crippen LogP contribution in [0.4, 0.5) is 0 Å². The van der Waals surface area contributed by atoms with E-state index in [1.54, 1.807) is 30.6 Å². The molecular weight excluding hydrogens is 388 g/mol. The van der Waals surface area contributed by atoms with Gasteiger partial charge in [0.05, 0.1) is 11.4 Å². The zero-order valence-corrected chi connectivity index (χ0v) is 17.5. The van der Waals surface area contributed by atoms with Crippen molar-refractivity contribution in [1.29, 1.82) is 0 Å². The van der Waals surface area contributed by atoms with E-state index in [2.05, 4.69) is 15.4 Å². The van der Waals surface area contributed by atoms with Crippen LogP contribution in [0, 0.1) is 5.92 Å². The Kier molecular flexibility index (Phi) is 5.89. The molecular formula is C25H24N4O2. The smallest absolute Gasteiger partial charge is 0.274 e. The fourth-order valence-corrected chi connectivity index (χ4v) is 3.63. The number of hydrogen-bond donors (Lipinski definition) is 1. The number of nitrogens with zero attached hydrogens (tertiary/aromatic N) is 3. The largest absolute Gasteiger partial charge is 0.340 e. The Morgan fingerprint density at radius 1 is 0.903 bits per heavy atom. The number of hydrogen-bond acceptors (Lipinski definition) is 4. The predicted molar refractivity (Wildman–Crippen MR) is 121 cm³/mol. The number of amides is 1. The molecule has 0 aliphatic carbocycles. The first-order chi connectivity index (χ1) is 15.0. The van der Waals surface area contributed by atoms with Gasteiger partial charge in [0.15, 0.2) is 5.69 Å². The Morgan fingerprint density at radius 2 is 1.52 bits per heavy atom. The molecule has 0 saturated carbocycles. The Morgan fingerprint density at radius 3 is 2.19 bits per heavy atom. The van der Waals surface area contributed by atoms with E-state index in [0.29, 0.717) is 17.3 Å². The average Bonchev–Trinajstić information content (AvgIpc) is 2.80. The summed E-state index contributed by atoms with van der Waals surface area (Å²) in [5.41, 5.74) is 1.91. The van der Waals surface area contributed by atoms with Gasteiger partial charge in [0.1, 0.15) is 0 Å². The molecule has 0 aliphatic heterocycles. The molecule has 0 radical (unpaired) electrons. The molecule has 4 rings (SSSR count). The van der Waals surface area contributed by atoms with E-state index < -0.39 is 0 Å². The van der Waals surface area contributed by atoms with Crippen LogP contribution in [-0.4, -0.2) is 20.7 Å². The lowest BCUT2D eigenvalue weighted by Gasteiger charge is -2.20. The predicted octanol–water partition coefficient (Wildman–Crippen LogP) is 3.97. The van der Waals surface area contributed by atoms with Crippen molar-refractivity contribution in [3.63, 3.8) is 0 Å². The van der Waals surface area contributed by atoms with Gasteiger partial charge in [-0.25, -0.2) is 4.68 Å². The molecule has 6 nitrogen and oxygen atoms in total. The summed E-state index contributed by atoms with van der Waals surface area (Å²) in [5.74, 6) is -0.115. The summed E-state index contributed by atoms with van der Waals surface area (Å²) in [6.45, 7) is 4.46. The fourth-order valence-electron chi connectivity index (χ4n) is 3.63. The Hall–Kier alpha value is -3.80. The minimum Gasteiger partial charge on any atom is -0.340 e. The van der Waals surface area contributed by atoms with Crippen LogP contribution in [0.3, 0.4) is 0 Å². The zero-order valence-electron chi connectivity index (χ0n) is 17.5. The summed E-state index contributed by atoms with van der Waals surface area (Å²) in [6.07, 6.45) is 3.40. The standard InChI is InChI=1S/C25H24N4O2/c1-17(2)16-29-25(31)21-11-7-6-10-20(21)23(28-29)24(30)27-22(18-8-4-3-5-9-18)19-12-14-26-15-13-19/h3-15,17,22H,16H2,1-2H3,(H,27,30). The summed E-state index contributed by atoms with van der Waals surface area (Å²) >= 11 is 0. The zero-order chi connectivity index (χ0) is 21.8. The molecule has 0 saturated heterocycles.